The molecule has 0 unspecified atom stereocenters. The van der Waals surface area contributed by atoms with E-state index in [1.165, 1.54) is 18.2 Å². The fourth-order valence-corrected chi connectivity index (χ4v) is 3.56. The summed E-state index contributed by atoms with van der Waals surface area (Å²) in [6, 6.07) is 6.10. The highest BCUT2D eigenvalue weighted by atomic mass is 32.2. The smallest absolute Gasteiger partial charge is 0.242 e. The fraction of sp³-hybridized carbons (Fsp3) is 0.500. The van der Waals surface area contributed by atoms with Crippen LogP contribution in [0.4, 0.5) is 5.69 Å². The topological polar surface area (TPSA) is 105 Å². The number of hydrogen-bond donors (Lipinski definition) is 2. The summed E-state index contributed by atoms with van der Waals surface area (Å²) in [5, 5.41) is 8.78. The molecule has 0 aromatic heterocycles. The number of sulfonamides is 1. The Morgan fingerprint density at radius 1 is 1.43 bits per heavy atom. The Kier molecular flexibility index (Phi) is 4.52. The second-order valence-corrected chi connectivity index (χ2v) is 7.35. The van der Waals surface area contributed by atoms with Crippen molar-refractivity contribution in [2.24, 2.45) is 5.41 Å². The van der Waals surface area contributed by atoms with Gasteiger partial charge in [-0.15, -0.1) is 0 Å². The number of rotatable bonds is 4. The first-order chi connectivity index (χ1) is 9.86. The second kappa shape index (κ2) is 6.02. The maximum Gasteiger partial charge on any atom is 0.242 e. The minimum Gasteiger partial charge on any atom is -0.398 e. The first kappa shape index (κ1) is 15.8. The maximum absolute atomic E-state index is 12.3. The monoisotopic (exact) mass is 309 g/mol. The molecule has 3 N–H and O–H groups in total. The van der Waals surface area contributed by atoms with E-state index in [0.717, 1.165) is 12.8 Å². The van der Waals surface area contributed by atoms with Crippen molar-refractivity contribution in [3.63, 3.8) is 0 Å². The molecule has 0 spiro atoms. The lowest BCUT2D eigenvalue weighted by atomic mass is 9.83. The quantitative estimate of drug-likeness (QED) is 0.814. The van der Waals surface area contributed by atoms with Crippen LogP contribution in [0, 0.1) is 16.7 Å². The lowest BCUT2D eigenvalue weighted by molar-refractivity contribution is 0.0265. The molecule has 1 saturated heterocycles. The van der Waals surface area contributed by atoms with Gasteiger partial charge in [0.05, 0.1) is 17.3 Å². The van der Waals surface area contributed by atoms with Crippen LogP contribution in [-0.4, -0.2) is 28.2 Å². The molecule has 0 atom stereocenters. The van der Waals surface area contributed by atoms with Crippen LogP contribution in [0.3, 0.4) is 0 Å². The largest absolute Gasteiger partial charge is 0.398 e. The van der Waals surface area contributed by atoms with Gasteiger partial charge in [0.1, 0.15) is 4.90 Å². The minimum atomic E-state index is -3.68. The van der Waals surface area contributed by atoms with Gasteiger partial charge < -0.3 is 10.5 Å². The molecule has 1 aromatic rings. The van der Waals surface area contributed by atoms with E-state index < -0.39 is 10.0 Å². The third-order valence-electron chi connectivity index (χ3n) is 3.82. The number of anilines is 1. The Hall–Kier alpha value is -1.62. The van der Waals surface area contributed by atoms with Crippen LogP contribution in [0.15, 0.2) is 23.1 Å². The maximum atomic E-state index is 12.3. The van der Waals surface area contributed by atoms with Gasteiger partial charge in [-0.05, 0) is 36.5 Å². The van der Waals surface area contributed by atoms with E-state index in [1.807, 2.05) is 13.0 Å². The number of nitrogens with one attached hydrogen (secondary N) is 1. The van der Waals surface area contributed by atoms with Gasteiger partial charge >= 0.3 is 0 Å². The number of nitrogens with two attached hydrogens (primary N) is 1. The van der Waals surface area contributed by atoms with Crippen molar-refractivity contribution < 1.29 is 13.2 Å². The third-order valence-corrected chi connectivity index (χ3v) is 5.29. The summed E-state index contributed by atoms with van der Waals surface area (Å²) in [4.78, 5) is 0.0113. The zero-order valence-corrected chi connectivity index (χ0v) is 12.7. The molecule has 1 aliphatic rings. The molecule has 114 valence electrons. The van der Waals surface area contributed by atoms with E-state index in [2.05, 4.69) is 4.72 Å². The lowest BCUT2D eigenvalue weighted by Gasteiger charge is -2.33. The van der Waals surface area contributed by atoms with E-state index in [-0.39, 0.29) is 16.0 Å². The lowest BCUT2D eigenvalue weighted by Crippen LogP contribution is -2.39. The zero-order chi connectivity index (χ0) is 15.5. The molecule has 21 heavy (non-hydrogen) atoms. The molecule has 0 aliphatic carbocycles. The molecule has 0 saturated carbocycles. The van der Waals surface area contributed by atoms with E-state index in [4.69, 9.17) is 15.7 Å². The van der Waals surface area contributed by atoms with E-state index in [9.17, 15) is 8.42 Å². The average molecular weight is 309 g/mol. The number of ether oxygens (including phenoxy) is 1. The van der Waals surface area contributed by atoms with E-state index in [1.54, 1.807) is 0 Å². The summed E-state index contributed by atoms with van der Waals surface area (Å²) in [6.07, 6.45) is 1.64. The summed E-state index contributed by atoms with van der Waals surface area (Å²) in [6.45, 7) is 3.69. The van der Waals surface area contributed by atoms with Crippen LogP contribution in [-0.2, 0) is 14.8 Å². The van der Waals surface area contributed by atoms with Gasteiger partial charge in [-0.2, -0.15) is 5.26 Å². The van der Waals surface area contributed by atoms with Crippen molar-refractivity contribution in [2.75, 3.05) is 25.5 Å². The summed E-state index contributed by atoms with van der Waals surface area (Å²) in [5.74, 6) is 0. The van der Waals surface area contributed by atoms with Crippen molar-refractivity contribution in [1.29, 1.82) is 5.26 Å². The Morgan fingerprint density at radius 2 is 2.10 bits per heavy atom. The van der Waals surface area contributed by atoms with Crippen LogP contribution < -0.4 is 10.5 Å². The highest BCUT2D eigenvalue weighted by Crippen LogP contribution is 2.29. The van der Waals surface area contributed by atoms with Gasteiger partial charge in [-0.1, -0.05) is 6.92 Å². The number of hydrogen-bond acceptors (Lipinski definition) is 5. The first-order valence-corrected chi connectivity index (χ1v) is 8.22. The molecule has 0 bridgehead atoms. The first-order valence-electron chi connectivity index (χ1n) is 6.73. The summed E-state index contributed by atoms with van der Waals surface area (Å²) >= 11 is 0. The van der Waals surface area contributed by atoms with Gasteiger partial charge in [-0.25, -0.2) is 13.1 Å². The molecule has 1 aromatic carbocycles. The van der Waals surface area contributed by atoms with Crippen molar-refractivity contribution in [1.82, 2.24) is 4.72 Å². The predicted molar refractivity (Wildman–Crippen MR) is 78.9 cm³/mol. The number of nitrogens with zero attached hydrogens (tertiary/aromatic N) is 1. The Balaban J connectivity index is 2.13. The van der Waals surface area contributed by atoms with Crippen molar-refractivity contribution in [3.05, 3.63) is 23.8 Å². The Labute approximate surface area is 125 Å². The molecule has 1 fully saturated rings. The van der Waals surface area contributed by atoms with Crippen molar-refractivity contribution in [2.45, 2.75) is 24.7 Å². The summed E-state index contributed by atoms with van der Waals surface area (Å²) in [7, 11) is -3.68. The minimum absolute atomic E-state index is 0.0113. The second-order valence-electron chi connectivity index (χ2n) is 5.61. The van der Waals surface area contributed by atoms with Crippen molar-refractivity contribution >= 4 is 15.7 Å². The Bertz CT molecular complexity index is 659. The molecular weight excluding hydrogens is 290 g/mol. The molecule has 6 nitrogen and oxygen atoms in total. The highest BCUT2D eigenvalue weighted by molar-refractivity contribution is 7.89. The highest BCUT2D eigenvalue weighted by Gasteiger charge is 2.29. The average Bonchev–Trinajstić information content (AvgIpc) is 2.46. The van der Waals surface area contributed by atoms with Crippen LogP contribution in [0.5, 0.6) is 0 Å². The number of nitriles is 1. The SMILES string of the molecule is CC1(CNS(=O)(=O)c2ccc(C#N)cc2N)CCOCC1. The molecular formula is C14H19N3O3S. The van der Waals surface area contributed by atoms with Gasteiger partial charge in [-0.3, -0.25) is 0 Å². The van der Waals surface area contributed by atoms with Crippen molar-refractivity contribution in [3.8, 4) is 6.07 Å². The van der Waals surface area contributed by atoms with Gasteiger partial charge in [0.25, 0.3) is 0 Å². The number of nitrogen functional groups attached to an aromatic ring is 1. The van der Waals surface area contributed by atoms with Gasteiger partial charge in [0, 0.05) is 19.8 Å². The van der Waals surface area contributed by atoms with Crippen LogP contribution in [0.2, 0.25) is 0 Å². The fourth-order valence-electron chi connectivity index (χ4n) is 2.25. The van der Waals surface area contributed by atoms with Crippen LogP contribution in [0.25, 0.3) is 0 Å². The predicted octanol–water partition coefficient (Wildman–Crippen LogP) is 1.24. The molecule has 2 rings (SSSR count). The molecule has 1 aliphatic heterocycles. The summed E-state index contributed by atoms with van der Waals surface area (Å²) in [5.41, 5.74) is 6.05. The standard InChI is InChI=1S/C14H19N3O3S/c1-14(4-6-20-7-5-14)10-17-21(18,19)13-3-2-11(9-15)8-12(13)16/h2-3,8,17H,4-7,10,16H2,1H3. The molecule has 0 radical (unpaired) electrons. The van der Waals surface area contributed by atoms with E-state index in [0.29, 0.717) is 25.3 Å². The van der Waals surface area contributed by atoms with Crippen LogP contribution in [0.1, 0.15) is 25.3 Å². The third kappa shape index (κ3) is 3.73. The molecule has 0 amide bonds. The van der Waals surface area contributed by atoms with E-state index >= 15 is 0 Å². The normalized spacial score (nSPS) is 18.1. The molecule has 7 heteroatoms. The zero-order valence-electron chi connectivity index (χ0n) is 11.9. The van der Waals surface area contributed by atoms with Gasteiger partial charge in [0.15, 0.2) is 0 Å². The summed E-state index contributed by atoms with van der Waals surface area (Å²) < 4.78 is 32.6. The molecule has 1 heterocycles. The number of benzene rings is 1. The van der Waals surface area contributed by atoms with Gasteiger partial charge in [0.2, 0.25) is 10.0 Å². The Morgan fingerprint density at radius 3 is 2.67 bits per heavy atom. The van der Waals surface area contributed by atoms with Crippen LogP contribution >= 0.6 is 0 Å².